The van der Waals surface area contributed by atoms with Gasteiger partial charge in [0.15, 0.2) is 11.6 Å². The van der Waals surface area contributed by atoms with Gasteiger partial charge in [-0.2, -0.15) is 0 Å². The zero-order valence-corrected chi connectivity index (χ0v) is 6.99. The summed E-state index contributed by atoms with van der Waals surface area (Å²) in [6, 6.07) is 0. The quantitative estimate of drug-likeness (QED) is 0.406. The van der Waals surface area contributed by atoms with E-state index < -0.39 is 0 Å². The number of ketones is 2. The molecule has 2 heteroatoms. The molecule has 1 unspecified atom stereocenters. The van der Waals surface area contributed by atoms with Crippen molar-refractivity contribution in [3.63, 3.8) is 0 Å². The summed E-state index contributed by atoms with van der Waals surface area (Å²) in [4.78, 5) is 23.0. The monoisotopic (exact) mass is 172 g/mol. The summed E-state index contributed by atoms with van der Waals surface area (Å²) >= 11 is 0. The van der Waals surface area contributed by atoms with Crippen molar-refractivity contribution in [3.8, 4) is 0 Å². The Balaban J connectivity index is 2.19. The molecule has 2 nitrogen and oxygen atoms in total. The third-order valence-corrected chi connectivity index (χ3v) is 3.03. The van der Waals surface area contributed by atoms with Crippen LogP contribution in [0.15, 0.2) is 35.5 Å². The van der Waals surface area contributed by atoms with E-state index in [0.29, 0.717) is 0 Å². The van der Waals surface area contributed by atoms with E-state index in [1.165, 1.54) is 12.2 Å². The first kappa shape index (κ1) is 7.01. The van der Waals surface area contributed by atoms with Crippen LogP contribution in [-0.4, -0.2) is 11.6 Å². The van der Waals surface area contributed by atoms with Crippen LogP contribution in [0.2, 0.25) is 0 Å². The van der Waals surface area contributed by atoms with Crippen molar-refractivity contribution in [2.24, 2.45) is 11.8 Å². The number of allylic oxidation sites excluding steroid dienone is 6. The average molecular weight is 172 g/mol. The maximum atomic E-state index is 11.5. The first-order chi connectivity index (χ1) is 6.27. The Morgan fingerprint density at radius 3 is 1.85 bits per heavy atom. The Morgan fingerprint density at radius 1 is 0.923 bits per heavy atom. The van der Waals surface area contributed by atoms with E-state index in [9.17, 15) is 9.59 Å². The second-order valence-electron chi connectivity index (χ2n) is 3.72. The minimum absolute atomic E-state index is 0.0338. The molecule has 0 aromatic rings. The van der Waals surface area contributed by atoms with E-state index >= 15 is 0 Å². The lowest BCUT2D eigenvalue weighted by Gasteiger charge is -2.14. The lowest BCUT2D eigenvalue weighted by atomic mass is 9.87. The lowest BCUT2D eigenvalue weighted by molar-refractivity contribution is -0.115. The predicted molar refractivity (Wildman–Crippen MR) is 46.9 cm³/mol. The van der Waals surface area contributed by atoms with Crippen molar-refractivity contribution in [2.45, 2.75) is 6.42 Å². The van der Waals surface area contributed by atoms with Gasteiger partial charge in [0, 0.05) is 23.0 Å². The van der Waals surface area contributed by atoms with Crippen LogP contribution >= 0.6 is 0 Å². The fourth-order valence-corrected chi connectivity index (χ4v) is 2.49. The maximum absolute atomic E-state index is 11.5. The van der Waals surface area contributed by atoms with Crippen LogP contribution in [0.1, 0.15) is 6.42 Å². The van der Waals surface area contributed by atoms with Gasteiger partial charge in [-0.05, 0) is 18.6 Å². The van der Waals surface area contributed by atoms with Crippen molar-refractivity contribution in [2.75, 3.05) is 0 Å². The smallest absolute Gasteiger partial charge is 0.182 e. The Labute approximate surface area is 75.6 Å². The summed E-state index contributed by atoms with van der Waals surface area (Å²) in [6.45, 7) is 0. The highest BCUT2D eigenvalue weighted by molar-refractivity contribution is 6.21. The van der Waals surface area contributed by atoms with E-state index in [1.807, 2.05) is 12.2 Å². The van der Waals surface area contributed by atoms with E-state index in [4.69, 9.17) is 0 Å². The summed E-state index contributed by atoms with van der Waals surface area (Å²) in [7, 11) is 0. The molecule has 64 valence electrons. The van der Waals surface area contributed by atoms with Crippen LogP contribution in [0.5, 0.6) is 0 Å². The van der Waals surface area contributed by atoms with Gasteiger partial charge in [0.2, 0.25) is 0 Å². The van der Waals surface area contributed by atoms with E-state index in [1.54, 1.807) is 0 Å². The Morgan fingerprint density at radius 2 is 1.38 bits per heavy atom. The highest BCUT2D eigenvalue weighted by Crippen LogP contribution is 2.45. The minimum Gasteiger partial charge on any atom is -0.290 e. The van der Waals surface area contributed by atoms with Gasteiger partial charge in [0.05, 0.1) is 0 Å². The Hall–Kier alpha value is -1.44. The van der Waals surface area contributed by atoms with Crippen molar-refractivity contribution >= 4 is 11.6 Å². The number of carbonyl (C=O) groups is 2. The molecule has 0 aromatic carbocycles. The van der Waals surface area contributed by atoms with Crippen molar-refractivity contribution in [1.29, 1.82) is 0 Å². The molecule has 0 aromatic heterocycles. The summed E-state index contributed by atoms with van der Waals surface area (Å²) in [5.74, 6) is 0.515. The SMILES string of the molecule is O=C1C=CC(=O)C2=C1C1C=C[C@@H]2C1. The van der Waals surface area contributed by atoms with Gasteiger partial charge in [-0.25, -0.2) is 0 Å². The highest BCUT2D eigenvalue weighted by Gasteiger charge is 2.41. The molecule has 0 saturated carbocycles. The first-order valence-electron chi connectivity index (χ1n) is 4.46. The molecule has 0 N–H and O–H groups in total. The molecule has 0 spiro atoms. The zero-order valence-electron chi connectivity index (χ0n) is 6.99. The van der Waals surface area contributed by atoms with Crippen LogP contribution in [0.4, 0.5) is 0 Å². The Kier molecular flexibility index (Phi) is 1.12. The highest BCUT2D eigenvalue weighted by atomic mass is 16.1. The topological polar surface area (TPSA) is 34.1 Å². The largest absolute Gasteiger partial charge is 0.290 e. The number of rotatable bonds is 0. The molecular formula is C11H8O2. The van der Waals surface area contributed by atoms with Gasteiger partial charge in [-0.3, -0.25) is 9.59 Å². The van der Waals surface area contributed by atoms with Crippen LogP contribution in [0.25, 0.3) is 0 Å². The number of fused-ring (bicyclic) bond motifs is 4. The summed E-state index contributed by atoms with van der Waals surface area (Å²) in [5, 5.41) is 0. The fraction of sp³-hybridized carbons (Fsp3) is 0.273. The molecule has 0 aliphatic heterocycles. The van der Waals surface area contributed by atoms with Crippen LogP contribution in [0.3, 0.4) is 0 Å². The molecule has 0 radical (unpaired) electrons. The van der Waals surface area contributed by atoms with E-state index in [-0.39, 0.29) is 23.4 Å². The molecule has 0 saturated heterocycles. The van der Waals surface area contributed by atoms with Crippen molar-refractivity contribution < 1.29 is 9.59 Å². The molecule has 3 aliphatic rings. The van der Waals surface area contributed by atoms with Crippen LogP contribution in [-0.2, 0) is 9.59 Å². The van der Waals surface area contributed by atoms with Crippen molar-refractivity contribution in [1.82, 2.24) is 0 Å². The molecular weight excluding hydrogens is 164 g/mol. The number of hydrogen-bond donors (Lipinski definition) is 0. The Bertz CT molecular complexity index is 374. The molecule has 0 amide bonds. The molecule has 3 rings (SSSR count). The molecule has 3 aliphatic carbocycles. The fourth-order valence-electron chi connectivity index (χ4n) is 2.49. The summed E-state index contributed by atoms with van der Waals surface area (Å²) < 4.78 is 0. The third kappa shape index (κ3) is 0.730. The molecule has 0 fully saturated rings. The van der Waals surface area contributed by atoms with Gasteiger partial charge in [-0.15, -0.1) is 0 Å². The second-order valence-corrected chi connectivity index (χ2v) is 3.72. The van der Waals surface area contributed by atoms with Crippen LogP contribution < -0.4 is 0 Å². The average Bonchev–Trinajstić information content (AvgIpc) is 2.70. The molecule has 2 atom stereocenters. The summed E-state index contributed by atoms with van der Waals surface area (Å²) in [6.07, 6.45) is 7.83. The van der Waals surface area contributed by atoms with Gasteiger partial charge in [0.25, 0.3) is 0 Å². The molecule has 2 bridgehead atoms. The molecule has 13 heavy (non-hydrogen) atoms. The number of carbonyl (C=O) groups excluding carboxylic acids is 2. The van der Waals surface area contributed by atoms with Crippen molar-refractivity contribution in [3.05, 3.63) is 35.5 Å². The van der Waals surface area contributed by atoms with Gasteiger partial charge in [0.1, 0.15) is 0 Å². The maximum Gasteiger partial charge on any atom is 0.182 e. The lowest BCUT2D eigenvalue weighted by Crippen LogP contribution is -2.17. The normalized spacial score (nSPS) is 34.8. The second kappa shape index (κ2) is 2.08. The van der Waals surface area contributed by atoms with Gasteiger partial charge in [-0.1, -0.05) is 12.2 Å². The third-order valence-electron chi connectivity index (χ3n) is 3.03. The van der Waals surface area contributed by atoms with Crippen LogP contribution in [0, 0.1) is 11.8 Å². The van der Waals surface area contributed by atoms with Gasteiger partial charge < -0.3 is 0 Å². The number of hydrogen-bond acceptors (Lipinski definition) is 2. The van der Waals surface area contributed by atoms with Gasteiger partial charge >= 0.3 is 0 Å². The first-order valence-corrected chi connectivity index (χ1v) is 4.46. The summed E-state index contributed by atoms with van der Waals surface area (Å²) in [5.41, 5.74) is 1.53. The zero-order chi connectivity index (χ0) is 9.00. The minimum atomic E-state index is 0.0338. The standard InChI is InChI=1S/C11H8O2/c12-8-3-4-9(13)11-7-2-1-6(5-7)10(8)11/h1-4,6-7H,5H2/t6-,7?/m1/s1. The van der Waals surface area contributed by atoms with E-state index in [0.717, 1.165) is 17.6 Å². The predicted octanol–water partition coefficient (Wildman–Crippen LogP) is 1.20. The van der Waals surface area contributed by atoms with E-state index in [2.05, 4.69) is 0 Å². The molecule has 0 heterocycles.